The van der Waals surface area contributed by atoms with Crippen LogP contribution in [0.2, 0.25) is 0 Å². The van der Waals surface area contributed by atoms with Crippen LogP contribution in [0.25, 0.3) is 0 Å². The van der Waals surface area contributed by atoms with Gasteiger partial charge in [-0.25, -0.2) is 0 Å². The normalized spacial score (nSPS) is 10.1. The van der Waals surface area contributed by atoms with Gasteiger partial charge in [-0.3, -0.25) is 4.79 Å². The second-order valence-electron chi connectivity index (χ2n) is 4.14. The first-order valence-corrected chi connectivity index (χ1v) is 7.72. The van der Waals surface area contributed by atoms with E-state index in [0.29, 0.717) is 0 Å². The molecule has 2 N–H and O–H groups in total. The smallest absolute Gasteiger partial charge is 0.251 e. The molecule has 1 aromatic rings. The number of hydrogen-bond acceptors (Lipinski definition) is 3. The Balaban J connectivity index is 2.23. The van der Waals surface area contributed by atoms with E-state index >= 15 is 0 Å². The maximum absolute atomic E-state index is 11.8. The molecule has 0 bridgehead atoms. The standard InChI is InChI=1S/C14H22N2OS/c1-15-13-8-6-12(7-9-13)14(17)16-10-4-3-5-11-18-2/h6-9,15H,3-5,10-11H2,1-2H3,(H,16,17). The average Bonchev–Trinajstić information content (AvgIpc) is 2.42. The molecule has 1 amide bonds. The number of unbranched alkanes of at least 4 members (excludes halogenated alkanes) is 2. The van der Waals surface area contributed by atoms with E-state index in [4.69, 9.17) is 0 Å². The Labute approximate surface area is 114 Å². The lowest BCUT2D eigenvalue weighted by Crippen LogP contribution is -2.24. The first kappa shape index (κ1) is 14.9. The van der Waals surface area contributed by atoms with Crippen LogP contribution in [-0.2, 0) is 0 Å². The molecule has 0 atom stereocenters. The third-order valence-corrected chi connectivity index (χ3v) is 3.44. The van der Waals surface area contributed by atoms with Crippen LogP contribution in [0, 0.1) is 0 Å². The molecule has 0 saturated heterocycles. The number of benzene rings is 1. The summed E-state index contributed by atoms with van der Waals surface area (Å²) in [4.78, 5) is 11.8. The predicted octanol–water partition coefficient (Wildman–Crippen LogP) is 2.99. The van der Waals surface area contributed by atoms with Gasteiger partial charge in [0.15, 0.2) is 0 Å². The van der Waals surface area contributed by atoms with Gasteiger partial charge in [0.1, 0.15) is 0 Å². The Hall–Kier alpha value is -1.16. The topological polar surface area (TPSA) is 41.1 Å². The van der Waals surface area contributed by atoms with E-state index in [2.05, 4.69) is 16.9 Å². The van der Waals surface area contributed by atoms with Crippen LogP contribution in [0.15, 0.2) is 24.3 Å². The van der Waals surface area contributed by atoms with Crippen molar-refractivity contribution in [1.29, 1.82) is 0 Å². The fraction of sp³-hybridized carbons (Fsp3) is 0.500. The second-order valence-corrected chi connectivity index (χ2v) is 5.12. The number of anilines is 1. The van der Waals surface area contributed by atoms with Crippen molar-refractivity contribution < 1.29 is 4.79 Å². The fourth-order valence-electron chi connectivity index (χ4n) is 1.64. The molecule has 0 radical (unpaired) electrons. The van der Waals surface area contributed by atoms with Crippen LogP contribution < -0.4 is 10.6 Å². The van der Waals surface area contributed by atoms with Gasteiger partial charge in [0.25, 0.3) is 5.91 Å². The highest BCUT2D eigenvalue weighted by atomic mass is 32.2. The monoisotopic (exact) mass is 266 g/mol. The predicted molar refractivity (Wildman–Crippen MR) is 80.6 cm³/mol. The van der Waals surface area contributed by atoms with Gasteiger partial charge in [-0.2, -0.15) is 11.8 Å². The number of thioether (sulfide) groups is 1. The largest absolute Gasteiger partial charge is 0.388 e. The van der Waals surface area contributed by atoms with Gasteiger partial charge in [-0.1, -0.05) is 6.42 Å². The van der Waals surface area contributed by atoms with Gasteiger partial charge in [0.2, 0.25) is 0 Å². The van der Waals surface area contributed by atoms with E-state index in [9.17, 15) is 4.79 Å². The number of carbonyl (C=O) groups is 1. The maximum atomic E-state index is 11.8. The van der Waals surface area contributed by atoms with E-state index in [0.717, 1.165) is 24.2 Å². The zero-order valence-electron chi connectivity index (χ0n) is 11.2. The van der Waals surface area contributed by atoms with Crippen molar-refractivity contribution in [3.05, 3.63) is 29.8 Å². The van der Waals surface area contributed by atoms with Gasteiger partial charge in [0.05, 0.1) is 0 Å². The molecule has 0 unspecified atom stereocenters. The van der Waals surface area contributed by atoms with Gasteiger partial charge in [-0.05, 0) is 49.1 Å². The SMILES string of the molecule is CNc1ccc(C(=O)NCCCCCSC)cc1. The molecule has 4 heteroatoms. The zero-order chi connectivity index (χ0) is 13.2. The number of rotatable bonds is 8. The highest BCUT2D eigenvalue weighted by molar-refractivity contribution is 7.98. The van der Waals surface area contributed by atoms with E-state index < -0.39 is 0 Å². The molecule has 0 aliphatic carbocycles. The van der Waals surface area contributed by atoms with E-state index in [-0.39, 0.29) is 5.91 Å². The molecule has 100 valence electrons. The van der Waals surface area contributed by atoms with Crippen LogP contribution >= 0.6 is 11.8 Å². The third-order valence-electron chi connectivity index (χ3n) is 2.75. The quantitative estimate of drug-likeness (QED) is 0.711. The zero-order valence-corrected chi connectivity index (χ0v) is 12.0. The lowest BCUT2D eigenvalue weighted by molar-refractivity contribution is 0.0953. The summed E-state index contributed by atoms with van der Waals surface area (Å²) >= 11 is 1.87. The average molecular weight is 266 g/mol. The van der Waals surface area contributed by atoms with Gasteiger partial charge in [0, 0.05) is 24.8 Å². The van der Waals surface area contributed by atoms with E-state index in [1.54, 1.807) is 0 Å². The highest BCUT2D eigenvalue weighted by Gasteiger charge is 2.03. The number of amides is 1. The van der Waals surface area contributed by atoms with Crippen LogP contribution in [0.5, 0.6) is 0 Å². The second kappa shape index (κ2) is 8.86. The summed E-state index contributed by atoms with van der Waals surface area (Å²) in [6.45, 7) is 0.765. The first-order chi connectivity index (χ1) is 8.77. The Bertz CT molecular complexity index is 351. The van der Waals surface area contributed by atoms with Crippen molar-refractivity contribution in [2.75, 3.05) is 30.9 Å². The minimum Gasteiger partial charge on any atom is -0.388 e. The van der Waals surface area contributed by atoms with Gasteiger partial charge < -0.3 is 10.6 Å². The first-order valence-electron chi connectivity index (χ1n) is 6.33. The Morgan fingerprint density at radius 1 is 1.17 bits per heavy atom. The summed E-state index contributed by atoms with van der Waals surface area (Å²) in [6.07, 6.45) is 5.59. The molecule has 0 fully saturated rings. The van der Waals surface area contributed by atoms with Crippen molar-refractivity contribution in [1.82, 2.24) is 5.32 Å². The molecule has 3 nitrogen and oxygen atoms in total. The van der Waals surface area contributed by atoms with E-state index in [1.165, 1.54) is 18.6 Å². The summed E-state index contributed by atoms with van der Waals surface area (Å²) in [5, 5.41) is 5.98. The van der Waals surface area contributed by atoms with Gasteiger partial charge >= 0.3 is 0 Å². The van der Waals surface area contributed by atoms with Crippen molar-refractivity contribution in [3.63, 3.8) is 0 Å². The molecular weight excluding hydrogens is 244 g/mol. The summed E-state index contributed by atoms with van der Waals surface area (Å²) in [7, 11) is 1.86. The molecule has 0 aromatic heterocycles. The molecule has 0 saturated carbocycles. The minimum absolute atomic E-state index is 0.0162. The van der Waals surface area contributed by atoms with Crippen LogP contribution in [0.4, 0.5) is 5.69 Å². The van der Waals surface area contributed by atoms with Gasteiger partial charge in [-0.15, -0.1) is 0 Å². The minimum atomic E-state index is 0.0162. The number of nitrogens with one attached hydrogen (secondary N) is 2. The van der Waals surface area contributed by atoms with Crippen molar-refractivity contribution in [2.45, 2.75) is 19.3 Å². The molecule has 1 aromatic carbocycles. The van der Waals surface area contributed by atoms with E-state index in [1.807, 2.05) is 43.1 Å². The maximum Gasteiger partial charge on any atom is 0.251 e. The molecular formula is C14H22N2OS. The van der Waals surface area contributed by atoms with Crippen LogP contribution in [0.1, 0.15) is 29.6 Å². The summed E-state index contributed by atoms with van der Waals surface area (Å²) < 4.78 is 0. The summed E-state index contributed by atoms with van der Waals surface area (Å²) in [5.74, 6) is 1.22. The van der Waals surface area contributed by atoms with Crippen molar-refractivity contribution >= 4 is 23.4 Å². The molecule has 1 rings (SSSR count). The third kappa shape index (κ3) is 5.45. The molecule has 0 aliphatic heterocycles. The highest BCUT2D eigenvalue weighted by Crippen LogP contribution is 2.08. The van der Waals surface area contributed by atoms with Crippen LogP contribution in [-0.4, -0.2) is 31.5 Å². The van der Waals surface area contributed by atoms with Crippen molar-refractivity contribution in [3.8, 4) is 0 Å². The van der Waals surface area contributed by atoms with Crippen molar-refractivity contribution in [2.24, 2.45) is 0 Å². The fourth-order valence-corrected chi connectivity index (χ4v) is 2.13. The Morgan fingerprint density at radius 3 is 2.50 bits per heavy atom. The number of hydrogen-bond donors (Lipinski definition) is 2. The Morgan fingerprint density at radius 2 is 1.89 bits per heavy atom. The molecule has 0 spiro atoms. The lowest BCUT2D eigenvalue weighted by atomic mass is 10.2. The molecule has 0 aliphatic rings. The van der Waals surface area contributed by atoms with Crippen LogP contribution in [0.3, 0.4) is 0 Å². The molecule has 0 heterocycles. The number of carbonyl (C=O) groups excluding carboxylic acids is 1. The Kier molecular flexibility index (Phi) is 7.34. The lowest BCUT2D eigenvalue weighted by Gasteiger charge is -2.06. The summed E-state index contributed by atoms with van der Waals surface area (Å²) in [5.41, 5.74) is 1.74. The summed E-state index contributed by atoms with van der Waals surface area (Å²) in [6, 6.07) is 7.50. The molecule has 18 heavy (non-hydrogen) atoms.